The second-order valence-corrected chi connectivity index (χ2v) is 5.37. The lowest BCUT2D eigenvalue weighted by Crippen LogP contribution is -2.24. The van der Waals surface area contributed by atoms with Crippen LogP contribution in [0.15, 0.2) is 36.5 Å². The maximum atomic E-state index is 6.09. The molecule has 5 heteroatoms. The van der Waals surface area contributed by atoms with E-state index in [4.69, 9.17) is 23.2 Å². The van der Waals surface area contributed by atoms with E-state index < -0.39 is 0 Å². The van der Waals surface area contributed by atoms with Crippen molar-refractivity contribution < 1.29 is 0 Å². The molecule has 2 aromatic rings. The van der Waals surface area contributed by atoms with Crippen molar-refractivity contribution in [2.75, 3.05) is 6.54 Å². The van der Waals surface area contributed by atoms with Gasteiger partial charge in [-0.15, -0.1) is 0 Å². The Hall–Kier alpha value is -1.16. The van der Waals surface area contributed by atoms with Crippen LogP contribution < -0.4 is 0 Å². The fraction of sp³-hybridized carbons (Fsp3) is 0.333. The van der Waals surface area contributed by atoms with Crippen LogP contribution in [-0.2, 0) is 13.1 Å². The van der Waals surface area contributed by atoms with Crippen molar-refractivity contribution in [2.24, 2.45) is 0 Å². The molecule has 0 atom stereocenters. The van der Waals surface area contributed by atoms with Gasteiger partial charge in [0, 0.05) is 13.1 Å². The van der Waals surface area contributed by atoms with Crippen LogP contribution in [0.1, 0.15) is 24.6 Å². The van der Waals surface area contributed by atoms with E-state index >= 15 is 0 Å². The Morgan fingerprint density at radius 1 is 1.10 bits per heavy atom. The minimum absolute atomic E-state index is 0.323. The Balaban J connectivity index is 2.09. The van der Waals surface area contributed by atoms with Crippen LogP contribution in [0.5, 0.6) is 0 Å². The van der Waals surface area contributed by atoms with Crippen molar-refractivity contribution in [3.8, 4) is 0 Å². The second kappa shape index (κ2) is 7.58. The molecule has 0 aliphatic heterocycles. The van der Waals surface area contributed by atoms with Crippen LogP contribution in [0.3, 0.4) is 0 Å². The average Bonchev–Trinajstić information content (AvgIpc) is 2.43. The van der Waals surface area contributed by atoms with E-state index in [1.54, 1.807) is 0 Å². The first kappa shape index (κ1) is 15.2. The number of halogens is 2. The van der Waals surface area contributed by atoms with Gasteiger partial charge in [-0.25, -0.2) is 4.98 Å². The number of hydrogen-bond acceptors (Lipinski definition) is 3. The molecule has 1 aromatic heterocycles. The Morgan fingerprint density at radius 2 is 1.85 bits per heavy atom. The molecule has 20 heavy (non-hydrogen) atoms. The van der Waals surface area contributed by atoms with E-state index in [0.717, 1.165) is 25.2 Å². The summed E-state index contributed by atoms with van der Waals surface area (Å²) in [6.07, 6.45) is 2.61. The molecular formula is C15H17Cl2N3. The van der Waals surface area contributed by atoms with Gasteiger partial charge in [0.05, 0.1) is 11.9 Å². The van der Waals surface area contributed by atoms with Crippen molar-refractivity contribution >= 4 is 23.2 Å². The average molecular weight is 310 g/mol. The van der Waals surface area contributed by atoms with E-state index in [9.17, 15) is 0 Å². The smallest absolute Gasteiger partial charge is 0.153 e. The zero-order valence-corrected chi connectivity index (χ0v) is 12.9. The van der Waals surface area contributed by atoms with Crippen molar-refractivity contribution in [2.45, 2.75) is 26.4 Å². The second-order valence-electron chi connectivity index (χ2n) is 4.63. The van der Waals surface area contributed by atoms with Gasteiger partial charge in [0.1, 0.15) is 5.15 Å². The molecule has 0 saturated heterocycles. The van der Waals surface area contributed by atoms with Gasteiger partial charge >= 0.3 is 0 Å². The van der Waals surface area contributed by atoms with Gasteiger partial charge < -0.3 is 0 Å². The lowest BCUT2D eigenvalue weighted by atomic mass is 10.2. The predicted molar refractivity (Wildman–Crippen MR) is 82.9 cm³/mol. The normalized spacial score (nSPS) is 11.0. The summed E-state index contributed by atoms with van der Waals surface area (Å²) in [6.45, 7) is 4.68. The summed E-state index contributed by atoms with van der Waals surface area (Å²) < 4.78 is 0. The zero-order valence-electron chi connectivity index (χ0n) is 11.4. The van der Waals surface area contributed by atoms with Crippen LogP contribution in [0.25, 0.3) is 0 Å². The van der Waals surface area contributed by atoms with Crippen molar-refractivity contribution in [1.29, 1.82) is 0 Å². The summed E-state index contributed by atoms with van der Waals surface area (Å²) in [4.78, 5) is 10.6. The molecule has 3 nitrogen and oxygen atoms in total. The van der Waals surface area contributed by atoms with Crippen LogP contribution in [-0.4, -0.2) is 21.4 Å². The molecular weight excluding hydrogens is 293 g/mol. The highest BCUT2D eigenvalue weighted by Gasteiger charge is 2.11. The molecule has 0 spiro atoms. The Morgan fingerprint density at radius 3 is 2.50 bits per heavy atom. The van der Waals surface area contributed by atoms with E-state index in [1.165, 1.54) is 11.8 Å². The molecule has 0 N–H and O–H groups in total. The SMILES string of the molecule is CCCN(Cc1ccccc1)Cc1ncc(Cl)nc1Cl. The first-order valence-corrected chi connectivity index (χ1v) is 7.38. The predicted octanol–water partition coefficient (Wildman–Crippen LogP) is 4.20. The molecule has 1 heterocycles. The maximum Gasteiger partial charge on any atom is 0.153 e. The summed E-state index contributed by atoms with van der Waals surface area (Å²) in [5.74, 6) is 0. The number of nitrogens with zero attached hydrogens (tertiary/aromatic N) is 3. The molecule has 0 saturated carbocycles. The van der Waals surface area contributed by atoms with E-state index in [1.807, 2.05) is 6.07 Å². The topological polar surface area (TPSA) is 29.0 Å². The molecule has 2 rings (SSSR count). The molecule has 0 fully saturated rings. The fourth-order valence-corrected chi connectivity index (χ4v) is 2.44. The number of aromatic nitrogens is 2. The molecule has 1 aromatic carbocycles. The summed E-state index contributed by atoms with van der Waals surface area (Å²) in [5.41, 5.74) is 2.04. The zero-order chi connectivity index (χ0) is 14.4. The molecule has 0 aliphatic rings. The molecule has 0 unspecified atom stereocenters. The molecule has 0 amide bonds. The summed E-state index contributed by atoms with van der Waals surface area (Å²) in [7, 11) is 0. The van der Waals surface area contributed by atoms with Gasteiger partial charge in [-0.05, 0) is 18.5 Å². The van der Waals surface area contributed by atoms with Gasteiger partial charge in [-0.1, -0.05) is 60.5 Å². The summed E-state index contributed by atoms with van der Waals surface area (Å²) in [6, 6.07) is 10.4. The molecule has 0 bridgehead atoms. The van der Waals surface area contributed by atoms with E-state index in [0.29, 0.717) is 16.9 Å². The third kappa shape index (κ3) is 4.44. The molecule has 0 aliphatic carbocycles. The molecule has 0 radical (unpaired) electrons. The van der Waals surface area contributed by atoms with Gasteiger partial charge in [-0.3, -0.25) is 9.88 Å². The van der Waals surface area contributed by atoms with E-state index in [-0.39, 0.29) is 0 Å². The first-order valence-electron chi connectivity index (χ1n) is 6.62. The highest BCUT2D eigenvalue weighted by molar-refractivity contribution is 6.32. The minimum atomic E-state index is 0.323. The van der Waals surface area contributed by atoms with Crippen LogP contribution in [0.4, 0.5) is 0 Å². The van der Waals surface area contributed by atoms with Crippen molar-refractivity contribution in [3.63, 3.8) is 0 Å². The number of hydrogen-bond donors (Lipinski definition) is 0. The Kier molecular flexibility index (Phi) is 5.77. The monoisotopic (exact) mass is 309 g/mol. The van der Waals surface area contributed by atoms with Gasteiger partial charge in [0.15, 0.2) is 5.15 Å². The number of benzene rings is 1. The fourth-order valence-electron chi connectivity index (χ4n) is 2.06. The summed E-state index contributed by atoms with van der Waals surface area (Å²) >= 11 is 11.9. The Labute approximate surface area is 129 Å². The Bertz CT molecular complexity index is 546. The highest BCUT2D eigenvalue weighted by atomic mass is 35.5. The number of rotatable bonds is 6. The van der Waals surface area contributed by atoms with Gasteiger partial charge in [0.25, 0.3) is 0 Å². The third-order valence-corrected chi connectivity index (χ3v) is 3.42. The van der Waals surface area contributed by atoms with Gasteiger partial charge in [0.2, 0.25) is 0 Å². The summed E-state index contributed by atoms with van der Waals surface area (Å²) in [5, 5.41) is 0.704. The molecule has 106 valence electrons. The first-order chi connectivity index (χ1) is 9.69. The maximum absolute atomic E-state index is 6.09. The standard InChI is InChI=1S/C15H17Cl2N3/c1-2-8-20(10-12-6-4-3-5-7-12)11-13-15(17)19-14(16)9-18-13/h3-7,9H,2,8,10-11H2,1H3. The van der Waals surface area contributed by atoms with Crippen LogP contribution in [0, 0.1) is 0 Å². The van der Waals surface area contributed by atoms with Gasteiger partial charge in [-0.2, -0.15) is 0 Å². The third-order valence-electron chi connectivity index (χ3n) is 2.93. The van der Waals surface area contributed by atoms with Crippen molar-refractivity contribution in [1.82, 2.24) is 14.9 Å². The quantitative estimate of drug-likeness (QED) is 0.801. The van der Waals surface area contributed by atoms with E-state index in [2.05, 4.69) is 46.1 Å². The van der Waals surface area contributed by atoms with Crippen molar-refractivity contribution in [3.05, 3.63) is 58.1 Å². The van der Waals surface area contributed by atoms with Crippen LogP contribution in [0.2, 0.25) is 10.3 Å². The van der Waals surface area contributed by atoms with Crippen LogP contribution >= 0.6 is 23.2 Å². The lowest BCUT2D eigenvalue weighted by Gasteiger charge is -2.21. The highest BCUT2D eigenvalue weighted by Crippen LogP contribution is 2.17. The lowest BCUT2D eigenvalue weighted by molar-refractivity contribution is 0.254. The largest absolute Gasteiger partial charge is 0.293 e. The minimum Gasteiger partial charge on any atom is -0.293 e.